The molecule has 0 aromatic heterocycles. The van der Waals surface area contributed by atoms with Crippen molar-refractivity contribution in [1.82, 2.24) is 9.80 Å². The quantitative estimate of drug-likeness (QED) is 0.864. The predicted octanol–water partition coefficient (Wildman–Crippen LogP) is 2.41. The smallest absolute Gasteiger partial charge is 0.227 e. The highest BCUT2D eigenvalue weighted by atomic mass is 16.2. The first-order valence-corrected chi connectivity index (χ1v) is 10.0. The summed E-state index contributed by atoms with van der Waals surface area (Å²) in [6.45, 7) is 4.65. The second-order valence-electron chi connectivity index (χ2n) is 8.26. The number of hydrogen-bond donors (Lipinski definition) is 1. The van der Waals surface area contributed by atoms with Gasteiger partial charge in [0.1, 0.15) is 0 Å². The number of hydrogen-bond acceptors (Lipinski definition) is 3. The van der Waals surface area contributed by atoms with Crippen molar-refractivity contribution in [1.29, 1.82) is 0 Å². The maximum Gasteiger partial charge on any atom is 0.227 e. The third kappa shape index (κ3) is 3.75. The van der Waals surface area contributed by atoms with Gasteiger partial charge in [-0.3, -0.25) is 9.69 Å². The summed E-state index contributed by atoms with van der Waals surface area (Å²) in [6, 6.07) is 9.28. The van der Waals surface area contributed by atoms with Gasteiger partial charge in [-0.1, -0.05) is 30.7 Å². The third-order valence-corrected chi connectivity index (χ3v) is 6.41. The van der Waals surface area contributed by atoms with Gasteiger partial charge in [0, 0.05) is 32.2 Å². The van der Waals surface area contributed by atoms with E-state index in [0.29, 0.717) is 18.5 Å². The molecule has 0 unspecified atom stereocenters. The summed E-state index contributed by atoms with van der Waals surface area (Å²) in [5.74, 6) is 1.42. The van der Waals surface area contributed by atoms with E-state index in [4.69, 9.17) is 5.73 Å². The summed E-state index contributed by atoms with van der Waals surface area (Å²) in [4.78, 5) is 17.6. The summed E-state index contributed by atoms with van der Waals surface area (Å²) in [7, 11) is 0. The first kappa shape index (κ1) is 17.0. The van der Waals surface area contributed by atoms with Crippen LogP contribution in [0.2, 0.25) is 0 Å². The van der Waals surface area contributed by atoms with Gasteiger partial charge in [-0.15, -0.1) is 0 Å². The first-order valence-electron chi connectivity index (χ1n) is 10.0. The van der Waals surface area contributed by atoms with Crippen LogP contribution in [-0.4, -0.2) is 47.9 Å². The van der Waals surface area contributed by atoms with E-state index in [1.807, 2.05) is 0 Å². The molecule has 4 fully saturated rings. The van der Waals surface area contributed by atoms with Crippen LogP contribution >= 0.6 is 0 Å². The van der Waals surface area contributed by atoms with Gasteiger partial charge in [0.25, 0.3) is 0 Å². The number of fused-ring (bicyclic) bond motifs is 4. The molecule has 2 atom stereocenters. The van der Waals surface area contributed by atoms with E-state index < -0.39 is 0 Å². The molecule has 136 valence electrons. The zero-order valence-corrected chi connectivity index (χ0v) is 15.2. The van der Waals surface area contributed by atoms with Gasteiger partial charge in [0.05, 0.1) is 5.92 Å². The maximum absolute atomic E-state index is 12.9. The van der Waals surface area contributed by atoms with E-state index in [1.165, 1.54) is 36.8 Å². The number of nitrogens with zero attached hydrogens (tertiary/aromatic N) is 2. The Bertz CT molecular complexity index is 596. The summed E-state index contributed by atoms with van der Waals surface area (Å²) >= 11 is 0. The SMILES string of the molecule is NCCc1ccc(CN2C[C@@H]3CC[C@H](C2)N(CC2CCC2)C3=O)cc1. The van der Waals surface area contributed by atoms with Gasteiger partial charge >= 0.3 is 0 Å². The minimum absolute atomic E-state index is 0.218. The lowest BCUT2D eigenvalue weighted by molar-refractivity contribution is -0.141. The second-order valence-corrected chi connectivity index (χ2v) is 8.26. The fraction of sp³-hybridized carbons (Fsp3) is 0.667. The van der Waals surface area contributed by atoms with Crippen LogP contribution in [0.3, 0.4) is 0 Å². The lowest BCUT2D eigenvalue weighted by Gasteiger charge is -2.40. The molecule has 0 radical (unpaired) electrons. The van der Waals surface area contributed by atoms with Crippen molar-refractivity contribution < 1.29 is 4.79 Å². The lowest BCUT2D eigenvalue weighted by Crippen LogP contribution is -2.50. The van der Waals surface area contributed by atoms with Crippen molar-refractivity contribution in [3.63, 3.8) is 0 Å². The Morgan fingerprint density at radius 3 is 2.44 bits per heavy atom. The molecule has 3 heterocycles. The monoisotopic (exact) mass is 341 g/mol. The Hall–Kier alpha value is -1.39. The Kier molecular flexibility index (Phi) is 5.09. The maximum atomic E-state index is 12.9. The molecule has 0 spiro atoms. The summed E-state index contributed by atoms with van der Waals surface area (Å²) in [5, 5.41) is 0. The molecule has 3 saturated heterocycles. The Labute approximate surface area is 151 Å². The van der Waals surface area contributed by atoms with Gasteiger partial charge in [0.15, 0.2) is 0 Å². The van der Waals surface area contributed by atoms with Gasteiger partial charge in [-0.25, -0.2) is 0 Å². The highest BCUT2D eigenvalue weighted by Gasteiger charge is 2.41. The molecule has 4 aliphatic rings. The first-order chi connectivity index (χ1) is 12.2. The van der Waals surface area contributed by atoms with Crippen LogP contribution in [0.15, 0.2) is 24.3 Å². The van der Waals surface area contributed by atoms with E-state index >= 15 is 0 Å². The Morgan fingerprint density at radius 1 is 1.00 bits per heavy atom. The molecule has 2 bridgehead atoms. The lowest BCUT2D eigenvalue weighted by atomic mass is 9.83. The topological polar surface area (TPSA) is 49.6 Å². The van der Waals surface area contributed by atoms with E-state index in [0.717, 1.165) is 44.9 Å². The summed E-state index contributed by atoms with van der Waals surface area (Å²) in [6.07, 6.45) is 7.21. The van der Waals surface area contributed by atoms with Crippen LogP contribution in [-0.2, 0) is 17.8 Å². The average Bonchev–Trinajstić information content (AvgIpc) is 2.84. The standard InChI is InChI=1S/C21H31N3O/c22-11-10-16-4-6-18(7-5-16)12-23-14-19-8-9-20(15-23)24(21(19)25)13-17-2-1-3-17/h4-7,17,19-20H,1-3,8-15,22H2/t19-,20+/m0/s1. The van der Waals surface area contributed by atoms with Crippen molar-refractivity contribution >= 4 is 5.91 Å². The van der Waals surface area contributed by atoms with Gasteiger partial charge in [-0.2, -0.15) is 0 Å². The number of carbonyl (C=O) groups excluding carboxylic acids is 1. The summed E-state index contributed by atoms with van der Waals surface area (Å²) in [5.41, 5.74) is 8.29. The van der Waals surface area contributed by atoms with Crippen LogP contribution in [0.1, 0.15) is 43.2 Å². The molecule has 1 aromatic carbocycles. The largest absolute Gasteiger partial charge is 0.338 e. The van der Waals surface area contributed by atoms with E-state index in [-0.39, 0.29) is 5.92 Å². The van der Waals surface area contributed by atoms with Crippen molar-refractivity contribution in [3.05, 3.63) is 35.4 Å². The van der Waals surface area contributed by atoms with E-state index in [2.05, 4.69) is 34.1 Å². The molecule has 25 heavy (non-hydrogen) atoms. The molecule has 1 amide bonds. The third-order valence-electron chi connectivity index (χ3n) is 6.41. The summed E-state index contributed by atoms with van der Waals surface area (Å²) < 4.78 is 0. The van der Waals surface area contributed by atoms with Crippen LogP contribution in [0.25, 0.3) is 0 Å². The number of nitrogens with two attached hydrogens (primary N) is 1. The zero-order chi connectivity index (χ0) is 17.2. The van der Waals surface area contributed by atoms with Gasteiger partial charge in [-0.05, 0) is 55.7 Å². The molecular formula is C21H31N3O. The van der Waals surface area contributed by atoms with Crippen LogP contribution in [0, 0.1) is 11.8 Å². The fourth-order valence-corrected chi connectivity index (χ4v) is 4.69. The molecular weight excluding hydrogens is 310 g/mol. The van der Waals surface area contributed by atoms with E-state index in [1.54, 1.807) is 0 Å². The number of amides is 1. The number of rotatable bonds is 6. The number of benzene rings is 1. The highest BCUT2D eigenvalue weighted by Crippen LogP contribution is 2.34. The highest BCUT2D eigenvalue weighted by molar-refractivity contribution is 5.80. The molecule has 2 N–H and O–H groups in total. The van der Waals surface area contributed by atoms with Crippen LogP contribution in [0.4, 0.5) is 0 Å². The average molecular weight is 341 g/mol. The zero-order valence-electron chi connectivity index (χ0n) is 15.2. The fourth-order valence-electron chi connectivity index (χ4n) is 4.69. The molecule has 1 aliphatic carbocycles. The second kappa shape index (κ2) is 7.46. The normalized spacial score (nSPS) is 27.4. The van der Waals surface area contributed by atoms with Crippen molar-refractivity contribution in [2.24, 2.45) is 17.6 Å². The molecule has 1 aromatic rings. The van der Waals surface area contributed by atoms with Crippen molar-refractivity contribution in [3.8, 4) is 0 Å². The molecule has 4 heteroatoms. The molecule has 1 saturated carbocycles. The molecule has 4 nitrogen and oxygen atoms in total. The Balaban J connectivity index is 1.41. The minimum Gasteiger partial charge on any atom is -0.338 e. The number of carbonyl (C=O) groups is 1. The van der Waals surface area contributed by atoms with E-state index in [9.17, 15) is 4.79 Å². The minimum atomic E-state index is 0.218. The van der Waals surface area contributed by atoms with Crippen LogP contribution in [0.5, 0.6) is 0 Å². The van der Waals surface area contributed by atoms with Crippen molar-refractivity contribution in [2.45, 2.75) is 51.1 Å². The van der Waals surface area contributed by atoms with Crippen LogP contribution < -0.4 is 5.73 Å². The van der Waals surface area contributed by atoms with Gasteiger partial charge in [0.2, 0.25) is 5.91 Å². The Morgan fingerprint density at radius 2 is 1.76 bits per heavy atom. The molecule has 3 aliphatic heterocycles. The van der Waals surface area contributed by atoms with Crippen molar-refractivity contribution in [2.75, 3.05) is 26.2 Å². The predicted molar refractivity (Wildman–Crippen MR) is 100 cm³/mol. The number of piperidine rings is 1. The van der Waals surface area contributed by atoms with Gasteiger partial charge < -0.3 is 10.6 Å². The molecule has 5 rings (SSSR count).